The molecule has 1 aliphatic heterocycles. The van der Waals surface area contributed by atoms with Crippen LogP contribution in [-0.2, 0) is 43.5 Å². The van der Waals surface area contributed by atoms with Crippen LogP contribution in [-0.4, -0.2) is 61.2 Å². The molecular weight excluding hydrogens is 456 g/mol. The summed E-state index contributed by atoms with van der Waals surface area (Å²) in [6.45, 7) is -0.620. The van der Waals surface area contributed by atoms with E-state index in [1.54, 1.807) is 0 Å². The molecule has 0 spiro atoms. The first-order chi connectivity index (χ1) is 15.5. The molecule has 7 unspecified atom stereocenters. The summed E-state index contributed by atoms with van der Waals surface area (Å²) < 4.78 is 48.8. The number of esters is 3. The monoisotopic (exact) mass is 481 g/mol. The molecule has 7 rings (SSSR count). The average Bonchev–Trinajstić information content (AvgIpc) is 3.33. The van der Waals surface area contributed by atoms with Gasteiger partial charge in [-0.05, 0) is 50.9 Å². The largest absolute Gasteiger partial charge is 0.748 e. The maximum atomic E-state index is 13.4. The Morgan fingerprint density at radius 1 is 1.03 bits per heavy atom. The summed E-state index contributed by atoms with van der Waals surface area (Å²) in [7, 11) is -4.55. The lowest BCUT2D eigenvalue weighted by Gasteiger charge is -2.54. The number of carbonyl (C=O) groups excluding carboxylic acids is 4. The van der Waals surface area contributed by atoms with Crippen molar-refractivity contribution in [2.45, 2.75) is 57.2 Å². The molecule has 0 radical (unpaired) electrons. The summed E-state index contributed by atoms with van der Waals surface area (Å²) in [6, 6.07) is 0. The van der Waals surface area contributed by atoms with Crippen LogP contribution in [0.25, 0.3) is 0 Å². The zero-order valence-corrected chi connectivity index (χ0v) is 18.7. The minimum Gasteiger partial charge on any atom is -0.748 e. The van der Waals surface area contributed by atoms with Crippen molar-refractivity contribution in [1.82, 2.24) is 0 Å². The van der Waals surface area contributed by atoms with Gasteiger partial charge in [-0.25, -0.2) is 8.42 Å². The lowest BCUT2D eigenvalue weighted by molar-refractivity contribution is -0.186. The molecule has 6 saturated carbocycles. The zero-order chi connectivity index (χ0) is 23.3. The minimum absolute atomic E-state index is 0.0616. The highest BCUT2D eigenvalue weighted by Crippen LogP contribution is 2.64. The van der Waals surface area contributed by atoms with Gasteiger partial charge in [0.15, 0.2) is 5.41 Å². The Labute approximate surface area is 190 Å². The van der Waals surface area contributed by atoms with Crippen molar-refractivity contribution in [3.8, 4) is 0 Å². The van der Waals surface area contributed by atoms with Gasteiger partial charge in [-0.3, -0.25) is 19.2 Å². The third-order valence-electron chi connectivity index (χ3n) is 9.17. The lowest BCUT2D eigenvalue weighted by Crippen LogP contribution is -2.56. The molecular formula is C22H25O10S-. The van der Waals surface area contributed by atoms with E-state index in [0.29, 0.717) is 25.2 Å². The van der Waals surface area contributed by atoms with E-state index in [0.717, 1.165) is 19.3 Å². The van der Waals surface area contributed by atoms with Gasteiger partial charge >= 0.3 is 17.9 Å². The van der Waals surface area contributed by atoms with E-state index >= 15 is 0 Å². The van der Waals surface area contributed by atoms with Crippen molar-refractivity contribution < 1.29 is 46.4 Å². The van der Waals surface area contributed by atoms with Crippen LogP contribution in [0.4, 0.5) is 0 Å². The fourth-order valence-corrected chi connectivity index (χ4v) is 8.33. The SMILES string of the molecule is O=C1C2CC3CC1CC(C(=O)OC1C4CC5C1OC(=O)C5(C(=O)OCCS(=O)(=O)[O-])C4)(C3)C2. The predicted molar refractivity (Wildman–Crippen MR) is 105 cm³/mol. The highest BCUT2D eigenvalue weighted by molar-refractivity contribution is 7.85. The summed E-state index contributed by atoms with van der Waals surface area (Å²) in [6.07, 6.45) is 2.69. The number of hydrogen-bond donors (Lipinski definition) is 0. The number of hydrogen-bond acceptors (Lipinski definition) is 10. The van der Waals surface area contributed by atoms with E-state index in [1.807, 2.05) is 0 Å². The van der Waals surface area contributed by atoms with Gasteiger partial charge in [-0.2, -0.15) is 0 Å². The average molecular weight is 481 g/mol. The highest BCUT2D eigenvalue weighted by atomic mass is 32.2. The molecule has 10 nitrogen and oxygen atoms in total. The predicted octanol–water partition coefficient (Wildman–Crippen LogP) is 0.334. The standard InChI is InChI=1S/C22H26O10S/c23-15-11-3-10-4-12(15)8-21(6-10,7-11)18(24)31-16-13-5-14-17(16)32-20(26)22(14,9-13)19(25)30-1-2-33(27,28)29/h10-14,16-17H,1-9H2,(H,27,28,29)/p-1. The third kappa shape index (κ3) is 2.97. The molecule has 33 heavy (non-hydrogen) atoms. The normalized spacial score (nSPS) is 46.5. The van der Waals surface area contributed by atoms with Crippen LogP contribution in [0, 0.1) is 40.4 Å². The second kappa shape index (κ2) is 6.78. The fourth-order valence-electron chi connectivity index (χ4n) is 8.04. The van der Waals surface area contributed by atoms with Crippen LogP contribution in [0.3, 0.4) is 0 Å². The van der Waals surface area contributed by atoms with Gasteiger partial charge in [0.05, 0.1) is 21.3 Å². The first-order valence-electron chi connectivity index (χ1n) is 11.6. The quantitative estimate of drug-likeness (QED) is 0.224. The maximum absolute atomic E-state index is 13.4. The van der Waals surface area contributed by atoms with Crippen molar-refractivity contribution in [2.24, 2.45) is 40.4 Å². The molecule has 180 valence electrons. The molecule has 7 aliphatic rings. The summed E-state index contributed by atoms with van der Waals surface area (Å²) in [5, 5.41) is 0. The van der Waals surface area contributed by atoms with Crippen LogP contribution in [0.5, 0.6) is 0 Å². The topological polar surface area (TPSA) is 153 Å². The van der Waals surface area contributed by atoms with Crippen LogP contribution in [0.15, 0.2) is 0 Å². The smallest absolute Gasteiger partial charge is 0.324 e. The molecule has 1 heterocycles. The van der Waals surface area contributed by atoms with Crippen LogP contribution < -0.4 is 0 Å². The Bertz CT molecular complexity index is 1050. The van der Waals surface area contributed by atoms with E-state index in [2.05, 4.69) is 0 Å². The van der Waals surface area contributed by atoms with Crippen molar-refractivity contribution >= 4 is 33.8 Å². The summed E-state index contributed by atoms with van der Waals surface area (Å²) >= 11 is 0. The highest BCUT2D eigenvalue weighted by Gasteiger charge is 2.75. The van der Waals surface area contributed by atoms with Gasteiger partial charge in [0.2, 0.25) is 0 Å². The third-order valence-corrected chi connectivity index (χ3v) is 9.83. The van der Waals surface area contributed by atoms with Crippen molar-refractivity contribution in [3.63, 3.8) is 0 Å². The molecule has 7 fully saturated rings. The van der Waals surface area contributed by atoms with Crippen molar-refractivity contribution in [3.05, 3.63) is 0 Å². The number of fused-ring (bicyclic) bond motifs is 1. The Hall–Kier alpha value is -2.01. The number of carbonyl (C=O) groups is 4. The van der Waals surface area contributed by atoms with Crippen LogP contribution >= 0.6 is 0 Å². The van der Waals surface area contributed by atoms with Gasteiger partial charge in [0, 0.05) is 23.7 Å². The van der Waals surface area contributed by atoms with Crippen molar-refractivity contribution in [1.29, 1.82) is 0 Å². The zero-order valence-electron chi connectivity index (χ0n) is 17.9. The Morgan fingerprint density at radius 3 is 2.39 bits per heavy atom. The lowest BCUT2D eigenvalue weighted by atomic mass is 9.49. The first-order valence-corrected chi connectivity index (χ1v) is 13.2. The number of ether oxygens (including phenoxy) is 3. The van der Waals surface area contributed by atoms with Gasteiger partial charge in [0.1, 0.15) is 24.6 Å². The van der Waals surface area contributed by atoms with Crippen LogP contribution in [0.1, 0.15) is 44.9 Å². The van der Waals surface area contributed by atoms with Crippen molar-refractivity contribution in [2.75, 3.05) is 12.4 Å². The molecule has 1 saturated heterocycles. The molecule has 6 bridgehead atoms. The molecule has 7 atom stereocenters. The van der Waals surface area contributed by atoms with Gasteiger partial charge in [-0.1, -0.05) is 0 Å². The van der Waals surface area contributed by atoms with Gasteiger partial charge in [-0.15, -0.1) is 0 Å². The van der Waals surface area contributed by atoms with E-state index in [1.165, 1.54) is 0 Å². The molecule has 11 heteroatoms. The molecule has 6 aliphatic carbocycles. The minimum atomic E-state index is -4.55. The molecule has 0 aromatic heterocycles. The summed E-state index contributed by atoms with van der Waals surface area (Å²) in [4.78, 5) is 51.3. The first kappa shape index (κ1) is 21.5. The Morgan fingerprint density at radius 2 is 1.73 bits per heavy atom. The van der Waals surface area contributed by atoms with E-state index in [4.69, 9.17) is 14.2 Å². The van der Waals surface area contributed by atoms with E-state index < -0.39 is 63.4 Å². The fraction of sp³-hybridized carbons (Fsp3) is 0.818. The number of rotatable bonds is 6. The van der Waals surface area contributed by atoms with E-state index in [9.17, 15) is 32.1 Å². The Kier molecular flexibility index (Phi) is 4.42. The molecule has 0 aromatic rings. The van der Waals surface area contributed by atoms with Gasteiger partial charge in [0.25, 0.3) is 0 Å². The maximum Gasteiger partial charge on any atom is 0.324 e. The van der Waals surface area contributed by atoms with E-state index in [-0.39, 0.29) is 35.9 Å². The molecule has 0 aromatic carbocycles. The second-order valence-electron chi connectivity index (χ2n) is 10.9. The number of Topliss-reactive ketones (excluding diaryl/α,β-unsaturated/α-hetero) is 1. The summed E-state index contributed by atoms with van der Waals surface area (Å²) in [5.41, 5.74) is -2.17. The van der Waals surface area contributed by atoms with Gasteiger partial charge < -0.3 is 18.8 Å². The Balaban J connectivity index is 1.16. The molecule has 0 amide bonds. The second-order valence-corrected chi connectivity index (χ2v) is 12.5. The molecule has 0 N–H and O–H groups in total. The van der Waals surface area contributed by atoms with Crippen LogP contribution in [0.2, 0.25) is 0 Å². The summed E-state index contributed by atoms with van der Waals surface area (Å²) in [5.74, 6) is -3.03. The number of ketones is 1.